The molecule has 1 heterocycles. The standard InChI is InChI=1S/C18H19NO4/c1-13(2)12-23-18(21)14-5-7-15(8-6-14)19-17(20)10-9-16-4-3-11-22-16/h3-11,13H,12H2,1-2H3,(H,19,20). The van der Waals surface area contributed by atoms with E-state index in [4.69, 9.17) is 9.15 Å². The highest BCUT2D eigenvalue weighted by atomic mass is 16.5. The summed E-state index contributed by atoms with van der Waals surface area (Å²) >= 11 is 0. The van der Waals surface area contributed by atoms with E-state index in [-0.39, 0.29) is 11.9 Å². The molecular weight excluding hydrogens is 294 g/mol. The second-order valence-corrected chi connectivity index (χ2v) is 5.41. The zero-order chi connectivity index (χ0) is 16.7. The Morgan fingerprint density at radius 2 is 1.96 bits per heavy atom. The van der Waals surface area contributed by atoms with Crippen LogP contribution in [0.2, 0.25) is 0 Å². The SMILES string of the molecule is CC(C)COC(=O)c1ccc(NC(=O)C=Cc2ccco2)cc1. The Morgan fingerprint density at radius 3 is 2.57 bits per heavy atom. The molecule has 1 amide bonds. The highest BCUT2D eigenvalue weighted by Gasteiger charge is 2.08. The van der Waals surface area contributed by atoms with Crippen molar-refractivity contribution in [1.82, 2.24) is 0 Å². The molecule has 0 aliphatic rings. The summed E-state index contributed by atoms with van der Waals surface area (Å²) in [6.07, 6.45) is 4.49. The maximum Gasteiger partial charge on any atom is 0.338 e. The number of rotatable bonds is 6. The maximum absolute atomic E-state index is 11.8. The molecule has 1 aromatic carbocycles. The number of benzene rings is 1. The van der Waals surface area contributed by atoms with Crippen LogP contribution in [-0.2, 0) is 9.53 Å². The van der Waals surface area contributed by atoms with Gasteiger partial charge in [-0.15, -0.1) is 0 Å². The first-order valence-corrected chi connectivity index (χ1v) is 7.34. The van der Waals surface area contributed by atoms with Crippen LogP contribution in [0.1, 0.15) is 30.0 Å². The fraction of sp³-hybridized carbons (Fsp3) is 0.222. The number of anilines is 1. The Kier molecular flexibility index (Phi) is 5.74. The van der Waals surface area contributed by atoms with Gasteiger partial charge in [0.25, 0.3) is 0 Å². The van der Waals surface area contributed by atoms with Crippen LogP contribution in [-0.4, -0.2) is 18.5 Å². The van der Waals surface area contributed by atoms with Crippen molar-refractivity contribution in [1.29, 1.82) is 0 Å². The van der Waals surface area contributed by atoms with Crippen LogP contribution < -0.4 is 5.32 Å². The number of carbonyl (C=O) groups excluding carboxylic acids is 2. The second-order valence-electron chi connectivity index (χ2n) is 5.41. The van der Waals surface area contributed by atoms with Crippen LogP contribution in [0.15, 0.2) is 53.2 Å². The van der Waals surface area contributed by atoms with Crippen LogP contribution in [0, 0.1) is 5.92 Å². The van der Waals surface area contributed by atoms with Gasteiger partial charge in [0.1, 0.15) is 5.76 Å². The van der Waals surface area contributed by atoms with E-state index in [1.165, 1.54) is 12.3 Å². The molecule has 0 atom stereocenters. The number of nitrogens with one attached hydrogen (secondary N) is 1. The average molecular weight is 313 g/mol. The molecule has 5 nitrogen and oxygen atoms in total. The van der Waals surface area contributed by atoms with Crippen molar-refractivity contribution in [3.8, 4) is 0 Å². The van der Waals surface area contributed by atoms with Gasteiger partial charge in [0, 0.05) is 11.8 Å². The third-order valence-corrected chi connectivity index (χ3v) is 2.88. The lowest BCUT2D eigenvalue weighted by Gasteiger charge is -2.08. The fourth-order valence-corrected chi connectivity index (χ4v) is 1.74. The van der Waals surface area contributed by atoms with E-state index in [2.05, 4.69) is 5.32 Å². The van der Waals surface area contributed by atoms with Crippen molar-refractivity contribution in [2.45, 2.75) is 13.8 Å². The molecule has 1 N–H and O–H groups in total. The zero-order valence-corrected chi connectivity index (χ0v) is 13.1. The quantitative estimate of drug-likeness (QED) is 0.651. The fourth-order valence-electron chi connectivity index (χ4n) is 1.74. The van der Waals surface area contributed by atoms with Crippen molar-refractivity contribution in [2.75, 3.05) is 11.9 Å². The Labute approximate surface area is 134 Å². The minimum absolute atomic E-state index is 0.281. The molecule has 2 aromatic rings. The summed E-state index contributed by atoms with van der Waals surface area (Å²) in [5.41, 5.74) is 1.05. The van der Waals surface area contributed by atoms with Crippen LogP contribution in [0.3, 0.4) is 0 Å². The number of ether oxygens (including phenoxy) is 1. The van der Waals surface area contributed by atoms with Crippen molar-refractivity contribution in [2.24, 2.45) is 5.92 Å². The smallest absolute Gasteiger partial charge is 0.338 e. The predicted molar refractivity (Wildman–Crippen MR) is 87.9 cm³/mol. The van der Waals surface area contributed by atoms with Crippen LogP contribution in [0.5, 0.6) is 0 Å². The van der Waals surface area contributed by atoms with Crippen molar-refractivity contribution in [3.63, 3.8) is 0 Å². The molecule has 23 heavy (non-hydrogen) atoms. The molecule has 0 bridgehead atoms. The van der Waals surface area contributed by atoms with Crippen molar-refractivity contribution >= 4 is 23.6 Å². The summed E-state index contributed by atoms with van der Waals surface area (Å²) < 4.78 is 10.2. The summed E-state index contributed by atoms with van der Waals surface area (Å²) in [6.45, 7) is 4.33. The van der Waals surface area contributed by atoms with Crippen LogP contribution >= 0.6 is 0 Å². The summed E-state index contributed by atoms with van der Waals surface area (Å²) in [5, 5.41) is 2.70. The van der Waals surface area contributed by atoms with E-state index in [0.717, 1.165) is 0 Å². The molecule has 0 saturated heterocycles. The van der Waals surface area contributed by atoms with Gasteiger partial charge < -0.3 is 14.5 Å². The van der Waals surface area contributed by atoms with Crippen LogP contribution in [0.4, 0.5) is 5.69 Å². The number of furan rings is 1. The van der Waals surface area contributed by atoms with E-state index >= 15 is 0 Å². The minimum atomic E-state index is -0.366. The lowest BCUT2D eigenvalue weighted by atomic mass is 10.2. The molecule has 0 radical (unpaired) electrons. The molecule has 0 spiro atoms. The highest BCUT2D eigenvalue weighted by Crippen LogP contribution is 2.11. The third-order valence-electron chi connectivity index (χ3n) is 2.88. The summed E-state index contributed by atoms with van der Waals surface area (Å²) in [4.78, 5) is 23.6. The van der Waals surface area contributed by atoms with E-state index in [1.807, 2.05) is 13.8 Å². The van der Waals surface area contributed by atoms with E-state index in [0.29, 0.717) is 29.5 Å². The Morgan fingerprint density at radius 1 is 1.22 bits per heavy atom. The molecule has 5 heteroatoms. The Balaban J connectivity index is 1.89. The number of amides is 1. The molecule has 0 saturated carbocycles. The minimum Gasteiger partial charge on any atom is -0.465 e. The Hall–Kier alpha value is -2.82. The van der Waals surface area contributed by atoms with Gasteiger partial charge in [-0.2, -0.15) is 0 Å². The molecule has 1 aromatic heterocycles. The lowest BCUT2D eigenvalue weighted by molar-refractivity contribution is -0.111. The zero-order valence-electron chi connectivity index (χ0n) is 13.1. The maximum atomic E-state index is 11.8. The third kappa shape index (κ3) is 5.47. The lowest BCUT2D eigenvalue weighted by Crippen LogP contribution is -2.11. The number of hydrogen-bond donors (Lipinski definition) is 1. The second kappa shape index (κ2) is 7.98. The average Bonchev–Trinajstić information content (AvgIpc) is 3.05. The predicted octanol–water partition coefficient (Wildman–Crippen LogP) is 3.74. The molecule has 0 unspecified atom stereocenters. The molecule has 0 aliphatic heterocycles. The van der Waals surface area contributed by atoms with E-state index in [1.54, 1.807) is 42.5 Å². The normalized spacial score (nSPS) is 10.9. The van der Waals surface area contributed by atoms with Gasteiger partial charge in [-0.3, -0.25) is 4.79 Å². The summed E-state index contributed by atoms with van der Waals surface area (Å²) in [6, 6.07) is 10.0. The summed E-state index contributed by atoms with van der Waals surface area (Å²) in [5.74, 6) is 0.243. The van der Waals surface area contributed by atoms with Crippen molar-refractivity contribution in [3.05, 3.63) is 60.1 Å². The van der Waals surface area contributed by atoms with Gasteiger partial charge in [-0.1, -0.05) is 13.8 Å². The topological polar surface area (TPSA) is 68.5 Å². The Bertz CT molecular complexity index is 670. The largest absolute Gasteiger partial charge is 0.465 e. The van der Waals surface area contributed by atoms with Gasteiger partial charge in [-0.25, -0.2) is 4.79 Å². The molecule has 2 rings (SSSR count). The molecular formula is C18H19NO4. The van der Waals surface area contributed by atoms with Gasteiger partial charge in [-0.05, 0) is 48.4 Å². The van der Waals surface area contributed by atoms with Gasteiger partial charge >= 0.3 is 5.97 Å². The van der Waals surface area contributed by atoms with Crippen LogP contribution in [0.25, 0.3) is 6.08 Å². The number of carbonyl (C=O) groups is 2. The highest BCUT2D eigenvalue weighted by molar-refractivity contribution is 6.02. The summed E-state index contributed by atoms with van der Waals surface area (Å²) in [7, 11) is 0. The van der Waals surface area contributed by atoms with Gasteiger partial charge in [0.15, 0.2) is 0 Å². The molecule has 0 fully saturated rings. The first-order valence-electron chi connectivity index (χ1n) is 7.34. The monoisotopic (exact) mass is 313 g/mol. The van der Waals surface area contributed by atoms with E-state index in [9.17, 15) is 9.59 Å². The van der Waals surface area contributed by atoms with Crippen molar-refractivity contribution < 1.29 is 18.7 Å². The molecule has 0 aliphatic carbocycles. The van der Waals surface area contributed by atoms with Gasteiger partial charge in [0.2, 0.25) is 5.91 Å². The first-order chi connectivity index (χ1) is 11.0. The van der Waals surface area contributed by atoms with E-state index < -0.39 is 0 Å². The molecule has 120 valence electrons. The van der Waals surface area contributed by atoms with Gasteiger partial charge in [0.05, 0.1) is 18.4 Å². The number of hydrogen-bond acceptors (Lipinski definition) is 4. The number of esters is 1. The first kappa shape index (κ1) is 16.5.